The minimum atomic E-state index is -0.608. The lowest BCUT2D eigenvalue weighted by Gasteiger charge is -2.27. The van der Waals surface area contributed by atoms with Crippen LogP contribution in [-0.2, 0) is 15.6 Å². The number of aliphatic hydroxyl groups excluding tert-OH is 1. The molecule has 2 aromatic rings. The van der Waals surface area contributed by atoms with Gasteiger partial charge < -0.3 is 19.7 Å². The van der Waals surface area contributed by atoms with Gasteiger partial charge in [0.2, 0.25) is 0 Å². The summed E-state index contributed by atoms with van der Waals surface area (Å²) in [7, 11) is 1.48. The smallest absolute Gasteiger partial charge is 0.338 e. The first kappa shape index (κ1) is 28.1. The number of aliphatic hydroxyl groups is 1. The average molecular weight is 483 g/mol. The van der Waals surface area contributed by atoms with E-state index < -0.39 is 5.97 Å². The van der Waals surface area contributed by atoms with Gasteiger partial charge in [-0.1, -0.05) is 47.6 Å². The van der Waals surface area contributed by atoms with Crippen molar-refractivity contribution in [2.45, 2.75) is 66.2 Å². The summed E-state index contributed by atoms with van der Waals surface area (Å²) in [5.41, 5.74) is 3.61. The van der Waals surface area contributed by atoms with Gasteiger partial charge in [0.15, 0.2) is 5.78 Å². The molecule has 2 rings (SSSR count). The lowest BCUT2D eigenvalue weighted by Crippen LogP contribution is -2.17. The molecule has 0 saturated heterocycles. The van der Waals surface area contributed by atoms with Gasteiger partial charge in [-0.25, -0.2) is 4.79 Å². The van der Waals surface area contributed by atoms with E-state index in [1.54, 1.807) is 19.9 Å². The minimum absolute atomic E-state index is 0.125. The van der Waals surface area contributed by atoms with E-state index in [0.717, 1.165) is 16.7 Å². The molecule has 0 atom stereocenters. The highest BCUT2D eigenvalue weighted by atomic mass is 16.5. The Morgan fingerprint density at radius 2 is 1.46 bits per heavy atom. The lowest BCUT2D eigenvalue weighted by molar-refractivity contribution is 0.0432. The fourth-order valence-corrected chi connectivity index (χ4v) is 3.92. The summed E-state index contributed by atoms with van der Waals surface area (Å²) in [6.45, 7) is 15.3. The normalized spacial score (nSPS) is 12.2. The van der Waals surface area contributed by atoms with E-state index in [9.17, 15) is 14.7 Å². The number of esters is 1. The maximum atomic E-state index is 13.3. The third-order valence-corrected chi connectivity index (χ3v) is 6.03. The maximum Gasteiger partial charge on any atom is 0.338 e. The number of carbonyl (C=O) groups is 2. The Hall–Kier alpha value is -3.12. The highest BCUT2D eigenvalue weighted by Gasteiger charge is 2.26. The molecular formula is C29H38O6. The van der Waals surface area contributed by atoms with Gasteiger partial charge >= 0.3 is 5.97 Å². The molecule has 0 aliphatic heterocycles. The van der Waals surface area contributed by atoms with E-state index in [2.05, 4.69) is 0 Å². The Morgan fingerprint density at radius 1 is 0.914 bits per heavy atom. The number of rotatable bonds is 7. The zero-order chi connectivity index (χ0) is 26.7. The summed E-state index contributed by atoms with van der Waals surface area (Å²) in [5.74, 6) is -0.269. The molecule has 0 radical (unpaired) electrons. The van der Waals surface area contributed by atoms with Crippen molar-refractivity contribution in [2.24, 2.45) is 0 Å². The van der Waals surface area contributed by atoms with Crippen molar-refractivity contribution in [1.29, 1.82) is 0 Å². The van der Waals surface area contributed by atoms with Crippen LogP contribution in [0.25, 0.3) is 6.08 Å². The summed E-state index contributed by atoms with van der Waals surface area (Å²) < 4.78 is 10.6. The standard InChI is InChI=1S/C29H38O6/c1-17-18(2)26(34-9)21(16-20(17)27(33)35-13-12-30)24(31)11-10-19-14-22(28(3,4)5)25(32)23(15-19)29(6,7)8/h10-11,14-16,30,32H,12-13H2,1-9H3. The Balaban J connectivity index is 2.59. The Labute approximate surface area is 208 Å². The monoisotopic (exact) mass is 482 g/mol. The van der Waals surface area contributed by atoms with Crippen molar-refractivity contribution in [1.82, 2.24) is 0 Å². The first-order valence-electron chi connectivity index (χ1n) is 11.7. The first-order valence-corrected chi connectivity index (χ1v) is 11.7. The van der Waals surface area contributed by atoms with E-state index in [0.29, 0.717) is 16.9 Å². The van der Waals surface area contributed by atoms with Crippen molar-refractivity contribution in [2.75, 3.05) is 20.3 Å². The van der Waals surface area contributed by atoms with Crippen LogP contribution in [0.4, 0.5) is 0 Å². The molecule has 6 heteroatoms. The van der Waals surface area contributed by atoms with Crippen LogP contribution in [0.15, 0.2) is 24.3 Å². The van der Waals surface area contributed by atoms with Crippen molar-refractivity contribution in [3.63, 3.8) is 0 Å². The molecule has 0 bridgehead atoms. The summed E-state index contributed by atoms with van der Waals surface area (Å²) in [4.78, 5) is 25.8. The quantitative estimate of drug-likeness (QED) is 0.301. The number of carbonyl (C=O) groups excluding carboxylic acids is 2. The summed E-state index contributed by atoms with van der Waals surface area (Å²) >= 11 is 0. The van der Waals surface area contributed by atoms with Crippen molar-refractivity contribution in [3.05, 3.63) is 63.2 Å². The number of methoxy groups -OCH3 is 1. The Bertz CT molecular complexity index is 1110. The molecule has 0 aromatic heterocycles. The van der Waals surface area contributed by atoms with E-state index in [1.807, 2.05) is 53.7 Å². The lowest BCUT2D eigenvalue weighted by atomic mass is 9.78. The number of hydrogen-bond donors (Lipinski definition) is 2. The molecule has 35 heavy (non-hydrogen) atoms. The van der Waals surface area contributed by atoms with Crippen LogP contribution in [0.3, 0.4) is 0 Å². The maximum absolute atomic E-state index is 13.3. The number of phenols is 1. The number of hydrogen-bond acceptors (Lipinski definition) is 6. The van der Waals surface area contributed by atoms with Crippen LogP contribution in [0.2, 0.25) is 0 Å². The van der Waals surface area contributed by atoms with Crippen LogP contribution in [-0.4, -0.2) is 42.3 Å². The molecule has 2 N–H and O–H groups in total. The van der Waals surface area contributed by atoms with Gasteiger partial charge in [0, 0.05) is 11.1 Å². The molecule has 6 nitrogen and oxygen atoms in total. The van der Waals surface area contributed by atoms with Crippen LogP contribution < -0.4 is 4.74 Å². The molecule has 2 aromatic carbocycles. The molecule has 0 saturated carbocycles. The highest BCUT2D eigenvalue weighted by Crippen LogP contribution is 2.40. The summed E-state index contributed by atoms with van der Waals surface area (Å²) in [6, 6.07) is 5.26. The van der Waals surface area contributed by atoms with Gasteiger partial charge in [0.1, 0.15) is 18.1 Å². The zero-order valence-corrected chi connectivity index (χ0v) is 22.3. The largest absolute Gasteiger partial charge is 0.507 e. The molecule has 0 fully saturated rings. The molecular weight excluding hydrogens is 444 g/mol. The summed E-state index contributed by atoms with van der Waals surface area (Å²) in [6.07, 6.45) is 3.16. The van der Waals surface area contributed by atoms with Gasteiger partial charge in [0.05, 0.1) is 24.8 Å². The van der Waals surface area contributed by atoms with Crippen LogP contribution >= 0.6 is 0 Å². The number of allylic oxidation sites excluding steroid dienone is 1. The van der Waals surface area contributed by atoms with E-state index in [-0.39, 0.29) is 46.7 Å². The highest BCUT2D eigenvalue weighted by molar-refractivity contribution is 6.10. The Kier molecular flexibility index (Phi) is 8.56. The molecule has 0 spiro atoms. The van der Waals surface area contributed by atoms with Crippen LogP contribution in [0.1, 0.15) is 90.1 Å². The first-order chi connectivity index (χ1) is 16.1. The minimum Gasteiger partial charge on any atom is -0.507 e. The van der Waals surface area contributed by atoms with Crippen LogP contribution in [0.5, 0.6) is 11.5 Å². The predicted octanol–water partition coefficient (Wildman–Crippen LogP) is 5.66. The van der Waals surface area contributed by atoms with Gasteiger partial charge in [-0.2, -0.15) is 0 Å². The van der Waals surface area contributed by atoms with Crippen LogP contribution in [0, 0.1) is 13.8 Å². The molecule has 0 heterocycles. The van der Waals surface area contributed by atoms with E-state index >= 15 is 0 Å². The second kappa shape index (κ2) is 10.6. The van der Waals surface area contributed by atoms with Gasteiger partial charge in [-0.3, -0.25) is 4.79 Å². The molecule has 0 aliphatic carbocycles. The number of phenolic OH excluding ortho intramolecular Hbond substituents is 1. The topological polar surface area (TPSA) is 93.1 Å². The van der Waals surface area contributed by atoms with Gasteiger partial charge in [-0.15, -0.1) is 0 Å². The van der Waals surface area contributed by atoms with Crippen molar-refractivity contribution >= 4 is 17.8 Å². The second-order valence-electron chi connectivity index (χ2n) is 10.8. The molecule has 0 aliphatic rings. The number of benzene rings is 2. The summed E-state index contributed by atoms with van der Waals surface area (Å²) in [5, 5.41) is 19.9. The molecule has 0 amide bonds. The van der Waals surface area contributed by atoms with Gasteiger partial charge in [-0.05, 0) is 65.6 Å². The predicted molar refractivity (Wildman–Crippen MR) is 139 cm³/mol. The van der Waals surface area contributed by atoms with E-state index in [1.165, 1.54) is 19.3 Å². The van der Waals surface area contributed by atoms with E-state index in [4.69, 9.17) is 14.6 Å². The SMILES string of the molecule is COc1c(C(=O)C=Cc2cc(C(C)(C)C)c(O)c(C(C)(C)C)c2)cc(C(=O)OCCO)c(C)c1C. The number of ketones is 1. The van der Waals surface area contributed by atoms with Crippen molar-refractivity contribution < 1.29 is 29.3 Å². The second-order valence-corrected chi connectivity index (χ2v) is 10.8. The third kappa shape index (κ3) is 6.31. The zero-order valence-electron chi connectivity index (χ0n) is 22.3. The number of ether oxygens (including phenoxy) is 2. The third-order valence-electron chi connectivity index (χ3n) is 6.03. The fourth-order valence-electron chi connectivity index (χ4n) is 3.92. The van der Waals surface area contributed by atoms with Gasteiger partial charge in [0.25, 0.3) is 0 Å². The molecule has 190 valence electrons. The fraction of sp³-hybridized carbons (Fsp3) is 0.448. The Morgan fingerprint density at radius 3 is 1.91 bits per heavy atom. The van der Waals surface area contributed by atoms with Crippen molar-refractivity contribution in [3.8, 4) is 11.5 Å². The molecule has 0 unspecified atom stereocenters. The average Bonchev–Trinajstić information content (AvgIpc) is 2.76. The number of aromatic hydroxyl groups is 1.